The van der Waals surface area contributed by atoms with E-state index in [-0.39, 0.29) is 42.7 Å². The van der Waals surface area contributed by atoms with E-state index >= 15 is 0 Å². The number of aromatic nitrogens is 2. The molecule has 1 aliphatic heterocycles. The van der Waals surface area contributed by atoms with Gasteiger partial charge in [0.2, 0.25) is 0 Å². The van der Waals surface area contributed by atoms with Gasteiger partial charge >= 0.3 is 5.69 Å². The second kappa shape index (κ2) is 10.9. The van der Waals surface area contributed by atoms with Crippen LogP contribution in [0, 0.1) is 0 Å². The lowest BCUT2D eigenvalue weighted by Crippen LogP contribution is -2.42. The smallest absolute Gasteiger partial charge is 0.330 e. The van der Waals surface area contributed by atoms with Crippen molar-refractivity contribution in [2.45, 2.75) is 38.8 Å². The summed E-state index contributed by atoms with van der Waals surface area (Å²) in [5.41, 5.74) is 5.28. The van der Waals surface area contributed by atoms with Crippen LogP contribution in [-0.4, -0.2) is 54.3 Å². The normalized spacial score (nSPS) is 15.4. The highest BCUT2D eigenvalue weighted by Gasteiger charge is 2.26. The molecule has 2 aromatic rings. The summed E-state index contributed by atoms with van der Waals surface area (Å²) in [5, 5.41) is 2.76. The van der Waals surface area contributed by atoms with E-state index in [2.05, 4.69) is 10.3 Å². The van der Waals surface area contributed by atoms with Gasteiger partial charge in [0.1, 0.15) is 11.9 Å². The first-order chi connectivity index (χ1) is 15.9. The Labute approximate surface area is 190 Å². The van der Waals surface area contributed by atoms with E-state index in [4.69, 9.17) is 15.2 Å². The Morgan fingerprint density at radius 1 is 1.36 bits per heavy atom. The summed E-state index contributed by atoms with van der Waals surface area (Å²) < 4.78 is 11.7. The molecule has 1 fully saturated rings. The van der Waals surface area contributed by atoms with Crippen molar-refractivity contribution in [1.82, 2.24) is 9.55 Å². The second-order valence-electron chi connectivity index (χ2n) is 7.67. The molecule has 0 bridgehead atoms. The average Bonchev–Trinajstić information content (AvgIpc) is 3.33. The summed E-state index contributed by atoms with van der Waals surface area (Å²) in [5.74, 6) is -0.905. The zero-order valence-corrected chi connectivity index (χ0v) is 18.8. The monoisotopic (exact) mass is 459 g/mol. The van der Waals surface area contributed by atoms with Crippen molar-refractivity contribution in [1.29, 1.82) is 0 Å². The number of nitrogens with two attached hydrogens (primary N) is 1. The minimum absolute atomic E-state index is 0.0272. The van der Waals surface area contributed by atoms with E-state index in [0.717, 1.165) is 6.42 Å². The highest BCUT2D eigenvalue weighted by atomic mass is 16.5. The number of nitrogens with one attached hydrogen (secondary N) is 2. The largest absolute Gasteiger partial charge is 0.383 e. The summed E-state index contributed by atoms with van der Waals surface area (Å²) in [7, 11) is 1.47. The number of carbonyl (C=O) groups is 2. The maximum atomic E-state index is 13.4. The van der Waals surface area contributed by atoms with Crippen molar-refractivity contribution in [3.05, 3.63) is 50.7 Å². The molecule has 0 spiro atoms. The molecule has 0 radical (unpaired) electrons. The molecule has 1 saturated heterocycles. The fourth-order valence-corrected chi connectivity index (χ4v) is 3.67. The minimum atomic E-state index is -0.767. The van der Waals surface area contributed by atoms with Gasteiger partial charge in [-0.1, -0.05) is 13.0 Å². The molecule has 1 aromatic carbocycles. The molecule has 0 aliphatic carbocycles. The van der Waals surface area contributed by atoms with Gasteiger partial charge in [-0.05, 0) is 37.5 Å². The number of ether oxygens (including phenoxy) is 2. The first kappa shape index (κ1) is 24.2. The Bertz CT molecular complexity index is 1120. The lowest BCUT2D eigenvalue weighted by atomic mass is 10.1. The van der Waals surface area contributed by atoms with Gasteiger partial charge in [-0.15, -0.1) is 0 Å². The van der Waals surface area contributed by atoms with Crippen molar-refractivity contribution >= 4 is 29.0 Å². The topological polar surface area (TPSA) is 149 Å². The van der Waals surface area contributed by atoms with Crippen molar-refractivity contribution in [3.63, 3.8) is 0 Å². The number of amides is 2. The third-order valence-corrected chi connectivity index (χ3v) is 5.29. The number of nitrogens with zero attached hydrogens (tertiary/aromatic N) is 2. The Morgan fingerprint density at radius 3 is 2.82 bits per heavy atom. The van der Waals surface area contributed by atoms with Crippen LogP contribution in [0.2, 0.25) is 0 Å². The molecule has 3 rings (SSSR count). The Kier molecular flexibility index (Phi) is 8.01. The van der Waals surface area contributed by atoms with Gasteiger partial charge in [0.05, 0.1) is 6.61 Å². The number of hydrogen-bond donors (Lipinski definition) is 3. The Balaban J connectivity index is 1.95. The van der Waals surface area contributed by atoms with E-state index in [1.807, 2.05) is 6.92 Å². The van der Waals surface area contributed by atoms with Crippen LogP contribution < -0.4 is 27.2 Å². The fourth-order valence-electron chi connectivity index (χ4n) is 3.67. The molecule has 4 N–H and O–H groups in total. The van der Waals surface area contributed by atoms with Gasteiger partial charge in [-0.3, -0.25) is 28.8 Å². The van der Waals surface area contributed by atoms with E-state index in [9.17, 15) is 19.2 Å². The van der Waals surface area contributed by atoms with Crippen LogP contribution in [0.4, 0.5) is 17.2 Å². The second-order valence-corrected chi connectivity index (χ2v) is 7.67. The summed E-state index contributed by atoms with van der Waals surface area (Å²) in [4.78, 5) is 54.1. The molecule has 33 heavy (non-hydrogen) atoms. The third-order valence-electron chi connectivity index (χ3n) is 5.29. The van der Waals surface area contributed by atoms with E-state index in [1.165, 1.54) is 22.6 Å². The molecule has 2 heterocycles. The lowest BCUT2D eigenvalue weighted by Gasteiger charge is -2.24. The third kappa shape index (κ3) is 5.49. The van der Waals surface area contributed by atoms with Crippen LogP contribution in [0.25, 0.3) is 0 Å². The van der Waals surface area contributed by atoms with Gasteiger partial charge in [-0.2, -0.15) is 0 Å². The molecular formula is C22H29N5O6. The van der Waals surface area contributed by atoms with Crippen LogP contribution in [0.5, 0.6) is 0 Å². The predicted molar refractivity (Wildman–Crippen MR) is 124 cm³/mol. The van der Waals surface area contributed by atoms with Gasteiger partial charge in [0.15, 0.2) is 5.69 Å². The number of hydrogen-bond acceptors (Lipinski definition) is 7. The molecule has 1 aromatic heterocycles. The van der Waals surface area contributed by atoms with Crippen molar-refractivity contribution in [2.75, 3.05) is 42.8 Å². The molecule has 1 unspecified atom stereocenters. The quantitative estimate of drug-likeness (QED) is 0.505. The number of carbonyl (C=O) groups excluding carboxylic acids is 2. The predicted octanol–water partition coefficient (Wildman–Crippen LogP) is 0.940. The van der Waals surface area contributed by atoms with Crippen LogP contribution in [0.3, 0.4) is 0 Å². The van der Waals surface area contributed by atoms with E-state index in [0.29, 0.717) is 25.1 Å². The zero-order valence-electron chi connectivity index (χ0n) is 18.8. The van der Waals surface area contributed by atoms with Crippen LogP contribution in [0.15, 0.2) is 33.9 Å². The maximum absolute atomic E-state index is 13.4. The molecule has 1 atom stereocenters. The van der Waals surface area contributed by atoms with Crippen molar-refractivity contribution < 1.29 is 19.1 Å². The highest BCUT2D eigenvalue weighted by Crippen LogP contribution is 2.22. The van der Waals surface area contributed by atoms with Crippen LogP contribution >= 0.6 is 0 Å². The first-order valence-electron chi connectivity index (χ1n) is 10.8. The standard InChI is InChI=1S/C22H29N5O6/c1-3-9-27-18(23)17(20(29)25-22(27)31)26(10-12-32-2)21(30)14-6-4-7-15(13-14)24-19(28)16-8-5-11-33-16/h4,6-7,13,16H,3,5,8-12,23H2,1-2H3,(H,24,28)(H,25,29,31). The fraction of sp³-hybridized carbons (Fsp3) is 0.455. The number of benzene rings is 1. The number of H-pyrrole nitrogens is 1. The molecular weight excluding hydrogens is 430 g/mol. The molecule has 0 saturated carbocycles. The molecule has 178 valence electrons. The van der Waals surface area contributed by atoms with Gasteiger partial charge in [-0.25, -0.2) is 4.79 Å². The molecule has 11 nitrogen and oxygen atoms in total. The van der Waals surface area contributed by atoms with Crippen molar-refractivity contribution in [2.24, 2.45) is 0 Å². The average molecular weight is 460 g/mol. The van der Waals surface area contributed by atoms with Gasteiger partial charge < -0.3 is 20.5 Å². The number of nitrogen functional groups attached to an aromatic ring is 1. The van der Waals surface area contributed by atoms with Crippen LogP contribution in [-0.2, 0) is 20.8 Å². The lowest BCUT2D eigenvalue weighted by molar-refractivity contribution is -0.124. The van der Waals surface area contributed by atoms with Crippen molar-refractivity contribution in [3.8, 4) is 0 Å². The van der Waals surface area contributed by atoms with Gasteiger partial charge in [0, 0.05) is 38.1 Å². The van der Waals surface area contributed by atoms with E-state index < -0.39 is 23.3 Å². The number of aromatic amines is 1. The molecule has 2 amide bonds. The van der Waals surface area contributed by atoms with Crippen LogP contribution in [0.1, 0.15) is 36.5 Å². The number of methoxy groups -OCH3 is 1. The zero-order chi connectivity index (χ0) is 24.0. The maximum Gasteiger partial charge on any atom is 0.330 e. The SMILES string of the molecule is CCCn1c(N)c(N(CCOC)C(=O)c2cccc(NC(=O)C3CCCO3)c2)c(=O)[nH]c1=O. The highest BCUT2D eigenvalue weighted by molar-refractivity contribution is 6.08. The molecule has 11 heteroatoms. The summed E-state index contributed by atoms with van der Waals surface area (Å²) in [6.07, 6.45) is 1.56. The Morgan fingerprint density at radius 2 is 2.15 bits per heavy atom. The van der Waals surface area contributed by atoms with E-state index in [1.54, 1.807) is 18.2 Å². The number of anilines is 3. The number of rotatable bonds is 9. The van der Waals surface area contributed by atoms with Gasteiger partial charge in [0.25, 0.3) is 17.4 Å². The first-order valence-corrected chi connectivity index (χ1v) is 10.8. The Hall–Kier alpha value is -3.44. The minimum Gasteiger partial charge on any atom is -0.383 e. The molecule has 1 aliphatic rings. The summed E-state index contributed by atoms with van der Waals surface area (Å²) in [6.45, 7) is 2.85. The summed E-state index contributed by atoms with van der Waals surface area (Å²) >= 11 is 0. The summed E-state index contributed by atoms with van der Waals surface area (Å²) in [6, 6.07) is 6.36.